The Bertz CT molecular complexity index is 688. The van der Waals surface area contributed by atoms with Gasteiger partial charge in [0.25, 0.3) is 0 Å². The third kappa shape index (κ3) is 1.59. The van der Waals surface area contributed by atoms with E-state index in [1.165, 1.54) is 0 Å². The monoisotopic (exact) mass is 227 g/mol. The minimum absolute atomic E-state index is 0.155. The van der Waals surface area contributed by atoms with E-state index in [1.807, 2.05) is 6.07 Å². The number of hydrogen-bond acceptors (Lipinski definition) is 4. The first-order valence-electron chi connectivity index (χ1n) is 5.12. The van der Waals surface area contributed by atoms with E-state index in [9.17, 15) is 10.2 Å². The van der Waals surface area contributed by atoms with Crippen LogP contribution in [0, 0.1) is 0 Å². The average Bonchev–Trinajstić information content (AvgIpc) is 2.71. The van der Waals surface area contributed by atoms with Gasteiger partial charge in [-0.2, -0.15) is 0 Å². The predicted molar refractivity (Wildman–Crippen MR) is 62.8 cm³/mol. The maximum absolute atomic E-state index is 9.46. The number of rotatable bonds is 1. The van der Waals surface area contributed by atoms with Gasteiger partial charge in [-0.25, -0.2) is 0 Å². The second kappa shape index (κ2) is 3.52. The largest absolute Gasteiger partial charge is 0.508 e. The smallest absolute Gasteiger partial charge is 0.174 e. The van der Waals surface area contributed by atoms with Gasteiger partial charge in [0.05, 0.1) is 5.39 Å². The Morgan fingerprint density at radius 2 is 1.76 bits per heavy atom. The molecule has 2 N–H and O–H groups in total. The molecule has 0 saturated heterocycles. The molecule has 4 heteroatoms. The van der Waals surface area contributed by atoms with Crippen molar-refractivity contribution in [2.24, 2.45) is 0 Å². The molecule has 0 aliphatic carbocycles. The van der Waals surface area contributed by atoms with Gasteiger partial charge in [-0.3, -0.25) is 0 Å². The molecule has 0 fully saturated rings. The topological polar surface area (TPSA) is 66.5 Å². The highest BCUT2D eigenvalue weighted by molar-refractivity contribution is 5.92. The molecule has 1 heterocycles. The van der Waals surface area contributed by atoms with Crippen molar-refractivity contribution in [3.8, 4) is 22.8 Å². The summed E-state index contributed by atoms with van der Waals surface area (Å²) < 4.78 is 5.24. The van der Waals surface area contributed by atoms with Crippen molar-refractivity contribution in [2.45, 2.75) is 0 Å². The lowest BCUT2D eigenvalue weighted by Crippen LogP contribution is -1.75. The molecule has 0 unspecified atom stereocenters. The van der Waals surface area contributed by atoms with Crippen molar-refractivity contribution in [1.82, 2.24) is 5.16 Å². The molecule has 0 saturated carbocycles. The van der Waals surface area contributed by atoms with Gasteiger partial charge in [0.1, 0.15) is 17.0 Å². The van der Waals surface area contributed by atoms with Gasteiger partial charge < -0.3 is 14.7 Å². The Morgan fingerprint density at radius 1 is 0.941 bits per heavy atom. The van der Waals surface area contributed by atoms with Crippen LogP contribution in [-0.2, 0) is 0 Å². The number of phenols is 2. The molecule has 4 nitrogen and oxygen atoms in total. The van der Waals surface area contributed by atoms with E-state index in [1.54, 1.807) is 36.4 Å². The summed E-state index contributed by atoms with van der Waals surface area (Å²) in [5, 5.41) is 23.5. The SMILES string of the molecule is Oc1cccc(-c2onc3ccc(O)cc23)c1. The Morgan fingerprint density at radius 3 is 2.59 bits per heavy atom. The van der Waals surface area contributed by atoms with Crippen molar-refractivity contribution in [1.29, 1.82) is 0 Å². The van der Waals surface area contributed by atoms with Crippen molar-refractivity contribution in [3.63, 3.8) is 0 Å². The molecule has 1 aromatic heterocycles. The van der Waals surface area contributed by atoms with Crippen LogP contribution in [0.15, 0.2) is 47.0 Å². The molecule has 0 bridgehead atoms. The second-order valence-electron chi connectivity index (χ2n) is 3.76. The standard InChI is InChI=1S/C13H9NO3/c15-9-3-1-2-8(6-9)13-11-7-10(16)4-5-12(11)14-17-13/h1-7,15-16H. The van der Waals surface area contributed by atoms with Crippen molar-refractivity contribution in [2.75, 3.05) is 0 Å². The predicted octanol–water partition coefficient (Wildman–Crippen LogP) is 2.91. The summed E-state index contributed by atoms with van der Waals surface area (Å²) in [6.07, 6.45) is 0. The molecular weight excluding hydrogens is 218 g/mol. The van der Waals surface area contributed by atoms with Gasteiger partial charge in [0.15, 0.2) is 5.76 Å². The Kier molecular flexibility index (Phi) is 2.01. The van der Waals surface area contributed by atoms with Crippen LogP contribution < -0.4 is 0 Å². The maximum Gasteiger partial charge on any atom is 0.174 e. The molecule has 17 heavy (non-hydrogen) atoms. The minimum Gasteiger partial charge on any atom is -0.508 e. The third-order valence-corrected chi connectivity index (χ3v) is 2.57. The average molecular weight is 227 g/mol. The van der Waals surface area contributed by atoms with E-state index in [0.717, 1.165) is 10.9 Å². The van der Waals surface area contributed by atoms with Crippen LogP contribution in [0.3, 0.4) is 0 Å². The quantitative estimate of drug-likeness (QED) is 0.670. The summed E-state index contributed by atoms with van der Waals surface area (Å²) in [4.78, 5) is 0. The zero-order valence-corrected chi connectivity index (χ0v) is 8.79. The Hall–Kier alpha value is -2.49. The molecule has 0 aliphatic heterocycles. The molecule has 84 valence electrons. The fourth-order valence-corrected chi connectivity index (χ4v) is 1.78. The molecular formula is C13H9NO3. The number of fused-ring (bicyclic) bond motifs is 1. The van der Waals surface area contributed by atoms with Gasteiger partial charge in [0.2, 0.25) is 0 Å². The molecule has 0 spiro atoms. The molecule has 2 aromatic carbocycles. The third-order valence-electron chi connectivity index (χ3n) is 2.57. The number of phenolic OH excluding ortho intramolecular Hbond substituents is 2. The molecule has 0 aliphatic rings. The van der Waals surface area contributed by atoms with E-state index >= 15 is 0 Å². The lowest BCUT2D eigenvalue weighted by atomic mass is 10.1. The summed E-state index contributed by atoms with van der Waals surface area (Å²) in [5.74, 6) is 0.848. The lowest BCUT2D eigenvalue weighted by molar-refractivity contribution is 0.440. The molecule has 3 rings (SSSR count). The van der Waals surface area contributed by atoms with Crippen molar-refractivity contribution < 1.29 is 14.7 Å². The molecule has 3 aromatic rings. The first kappa shape index (κ1) is 9.72. The van der Waals surface area contributed by atoms with Gasteiger partial charge in [-0.05, 0) is 30.3 Å². The van der Waals surface area contributed by atoms with Gasteiger partial charge in [-0.1, -0.05) is 17.3 Å². The van der Waals surface area contributed by atoms with Crippen LogP contribution >= 0.6 is 0 Å². The van der Waals surface area contributed by atoms with E-state index in [0.29, 0.717) is 11.3 Å². The zero-order valence-electron chi connectivity index (χ0n) is 8.79. The van der Waals surface area contributed by atoms with Crippen LogP contribution in [0.2, 0.25) is 0 Å². The normalized spacial score (nSPS) is 10.8. The van der Waals surface area contributed by atoms with Crippen molar-refractivity contribution >= 4 is 10.9 Å². The maximum atomic E-state index is 9.46. The molecule has 0 amide bonds. The highest BCUT2D eigenvalue weighted by Gasteiger charge is 2.11. The number of aromatic hydroxyl groups is 2. The Labute approximate surface area is 96.7 Å². The van der Waals surface area contributed by atoms with Crippen LogP contribution in [0.25, 0.3) is 22.2 Å². The van der Waals surface area contributed by atoms with Gasteiger partial charge in [-0.15, -0.1) is 0 Å². The molecule has 0 atom stereocenters. The first-order valence-corrected chi connectivity index (χ1v) is 5.12. The summed E-state index contributed by atoms with van der Waals surface area (Å²) in [5.41, 5.74) is 1.39. The second-order valence-corrected chi connectivity index (χ2v) is 3.76. The minimum atomic E-state index is 0.155. The summed E-state index contributed by atoms with van der Waals surface area (Å²) in [6.45, 7) is 0. The van der Waals surface area contributed by atoms with Crippen molar-refractivity contribution in [3.05, 3.63) is 42.5 Å². The van der Waals surface area contributed by atoms with Gasteiger partial charge in [0, 0.05) is 5.56 Å². The van der Waals surface area contributed by atoms with Crippen LogP contribution in [0.4, 0.5) is 0 Å². The molecule has 0 radical (unpaired) electrons. The van der Waals surface area contributed by atoms with Crippen LogP contribution in [0.1, 0.15) is 0 Å². The fraction of sp³-hybridized carbons (Fsp3) is 0. The first-order chi connectivity index (χ1) is 8.24. The number of benzene rings is 2. The zero-order chi connectivity index (χ0) is 11.8. The van der Waals surface area contributed by atoms with Crippen LogP contribution in [0.5, 0.6) is 11.5 Å². The van der Waals surface area contributed by atoms with E-state index in [-0.39, 0.29) is 11.5 Å². The van der Waals surface area contributed by atoms with E-state index < -0.39 is 0 Å². The van der Waals surface area contributed by atoms with E-state index in [4.69, 9.17) is 4.52 Å². The summed E-state index contributed by atoms with van der Waals surface area (Å²) in [7, 11) is 0. The highest BCUT2D eigenvalue weighted by Crippen LogP contribution is 2.32. The lowest BCUT2D eigenvalue weighted by Gasteiger charge is -1.98. The van der Waals surface area contributed by atoms with E-state index in [2.05, 4.69) is 5.16 Å². The number of nitrogens with zero attached hydrogens (tertiary/aromatic N) is 1. The fourth-order valence-electron chi connectivity index (χ4n) is 1.78. The summed E-state index contributed by atoms with van der Waals surface area (Å²) >= 11 is 0. The van der Waals surface area contributed by atoms with Crippen LogP contribution in [-0.4, -0.2) is 15.4 Å². The Balaban J connectivity index is 2.27. The summed E-state index contributed by atoms with van der Waals surface area (Å²) in [6, 6.07) is 11.5. The highest BCUT2D eigenvalue weighted by atomic mass is 16.5. The number of hydrogen-bond donors (Lipinski definition) is 2. The number of aromatic nitrogens is 1. The van der Waals surface area contributed by atoms with Gasteiger partial charge >= 0.3 is 0 Å².